The molecule has 1 aromatic carbocycles. The van der Waals surface area contributed by atoms with Gasteiger partial charge in [-0.15, -0.1) is 13.2 Å². The Labute approximate surface area is 136 Å². The summed E-state index contributed by atoms with van der Waals surface area (Å²) in [6, 6.07) is 6.91. The second-order valence-electron chi connectivity index (χ2n) is 5.36. The summed E-state index contributed by atoms with van der Waals surface area (Å²) in [6.45, 7) is 8.82. The Balaban J connectivity index is 2.08. The summed E-state index contributed by atoms with van der Waals surface area (Å²) in [5, 5.41) is 2.81. The number of ether oxygens (including phenoxy) is 1. The van der Waals surface area contributed by atoms with Gasteiger partial charge in [0.2, 0.25) is 0 Å². The van der Waals surface area contributed by atoms with Crippen LogP contribution in [0.2, 0.25) is 0 Å². The van der Waals surface area contributed by atoms with Crippen LogP contribution in [0.25, 0.3) is 0 Å². The van der Waals surface area contributed by atoms with Crippen LogP contribution in [-0.4, -0.2) is 42.5 Å². The normalized spacial score (nSPS) is 16.6. The van der Waals surface area contributed by atoms with Crippen LogP contribution in [0, 0.1) is 0 Å². The van der Waals surface area contributed by atoms with E-state index in [9.17, 15) is 9.59 Å². The fraction of sp³-hybridized carbons (Fsp3) is 0.333. The molecule has 23 heavy (non-hydrogen) atoms. The standard InChI is InChI=1S/C18H22N2O3/c1-3-10-20(11-4-2)18(22)14-7-5-8-15(13-14)19-17(21)16-9-6-12-23-16/h3-5,7-8,13,16H,1-2,6,9-12H2,(H,19,21). The van der Waals surface area contributed by atoms with Crippen LogP contribution in [0.3, 0.4) is 0 Å². The zero-order chi connectivity index (χ0) is 16.7. The Morgan fingerprint density at radius 2 is 2.04 bits per heavy atom. The number of carbonyl (C=O) groups excluding carboxylic acids is 2. The van der Waals surface area contributed by atoms with Crippen molar-refractivity contribution >= 4 is 17.5 Å². The van der Waals surface area contributed by atoms with Gasteiger partial charge in [0.25, 0.3) is 11.8 Å². The van der Waals surface area contributed by atoms with Crippen molar-refractivity contribution in [3.05, 3.63) is 55.1 Å². The molecule has 1 aliphatic heterocycles. The molecule has 1 heterocycles. The predicted molar refractivity (Wildman–Crippen MR) is 90.3 cm³/mol. The largest absolute Gasteiger partial charge is 0.368 e. The molecule has 0 bridgehead atoms. The van der Waals surface area contributed by atoms with E-state index in [-0.39, 0.29) is 11.8 Å². The van der Waals surface area contributed by atoms with Crippen molar-refractivity contribution in [3.8, 4) is 0 Å². The molecule has 2 rings (SSSR count). The highest BCUT2D eigenvalue weighted by Crippen LogP contribution is 2.17. The average molecular weight is 314 g/mol. The second-order valence-corrected chi connectivity index (χ2v) is 5.36. The molecule has 0 saturated carbocycles. The molecule has 1 N–H and O–H groups in total. The van der Waals surface area contributed by atoms with Crippen LogP contribution >= 0.6 is 0 Å². The SMILES string of the molecule is C=CCN(CC=C)C(=O)c1cccc(NC(=O)C2CCCO2)c1. The minimum atomic E-state index is -0.396. The van der Waals surface area contributed by atoms with Gasteiger partial charge in [-0.05, 0) is 31.0 Å². The lowest BCUT2D eigenvalue weighted by Gasteiger charge is -2.19. The van der Waals surface area contributed by atoms with Gasteiger partial charge in [-0.3, -0.25) is 9.59 Å². The Kier molecular flexibility index (Phi) is 6.11. The van der Waals surface area contributed by atoms with Gasteiger partial charge in [-0.25, -0.2) is 0 Å². The average Bonchev–Trinajstić information content (AvgIpc) is 3.09. The molecular weight excluding hydrogens is 292 g/mol. The van der Waals surface area contributed by atoms with Crippen LogP contribution in [0.1, 0.15) is 23.2 Å². The van der Waals surface area contributed by atoms with Crippen molar-refractivity contribution in [2.45, 2.75) is 18.9 Å². The smallest absolute Gasteiger partial charge is 0.254 e. The quantitative estimate of drug-likeness (QED) is 0.787. The molecule has 5 nitrogen and oxygen atoms in total. The topological polar surface area (TPSA) is 58.6 Å². The molecule has 1 saturated heterocycles. The molecule has 0 aliphatic carbocycles. The number of anilines is 1. The number of rotatable bonds is 7. The number of carbonyl (C=O) groups is 2. The Morgan fingerprint density at radius 1 is 1.30 bits per heavy atom. The summed E-state index contributed by atoms with van der Waals surface area (Å²) < 4.78 is 5.36. The lowest BCUT2D eigenvalue weighted by Crippen LogP contribution is -2.31. The first-order valence-corrected chi connectivity index (χ1v) is 7.69. The highest BCUT2D eigenvalue weighted by molar-refractivity contribution is 5.98. The maximum absolute atomic E-state index is 12.5. The number of nitrogens with one attached hydrogen (secondary N) is 1. The van der Waals surface area contributed by atoms with E-state index >= 15 is 0 Å². The minimum absolute atomic E-state index is 0.127. The molecule has 1 aromatic rings. The lowest BCUT2D eigenvalue weighted by molar-refractivity contribution is -0.124. The summed E-state index contributed by atoms with van der Waals surface area (Å²) in [5.74, 6) is -0.292. The number of amides is 2. The zero-order valence-electron chi connectivity index (χ0n) is 13.2. The first-order valence-electron chi connectivity index (χ1n) is 7.69. The van der Waals surface area contributed by atoms with Gasteiger partial charge in [0.15, 0.2) is 0 Å². The molecule has 1 aliphatic rings. The molecule has 5 heteroatoms. The third-order valence-corrected chi connectivity index (χ3v) is 3.59. The molecular formula is C18H22N2O3. The fourth-order valence-electron chi connectivity index (χ4n) is 2.47. The van der Waals surface area contributed by atoms with Crippen molar-refractivity contribution in [2.75, 3.05) is 25.0 Å². The van der Waals surface area contributed by atoms with Gasteiger partial charge in [0.1, 0.15) is 6.10 Å². The molecule has 1 atom stereocenters. The van der Waals surface area contributed by atoms with Crippen molar-refractivity contribution in [3.63, 3.8) is 0 Å². The zero-order valence-corrected chi connectivity index (χ0v) is 13.2. The summed E-state index contributed by atoms with van der Waals surface area (Å²) in [4.78, 5) is 26.2. The summed E-state index contributed by atoms with van der Waals surface area (Å²) in [7, 11) is 0. The first-order chi connectivity index (χ1) is 11.2. The molecule has 1 fully saturated rings. The van der Waals surface area contributed by atoms with Crippen molar-refractivity contribution in [2.24, 2.45) is 0 Å². The van der Waals surface area contributed by atoms with Gasteiger partial charge < -0.3 is 15.0 Å². The highest BCUT2D eigenvalue weighted by Gasteiger charge is 2.23. The van der Waals surface area contributed by atoms with E-state index in [2.05, 4.69) is 18.5 Å². The van der Waals surface area contributed by atoms with Gasteiger partial charge >= 0.3 is 0 Å². The van der Waals surface area contributed by atoms with Crippen LogP contribution in [0.5, 0.6) is 0 Å². The van der Waals surface area contributed by atoms with E-state index in [1.165, 1.54) is 0 Å². The monoisotopic (exact) mass is 314 g/mol. The lowest BCUT2D eigenvalue weighted by atomic mass is 10.1. The Hall–Kier alpha value is -2.40. The van der Waals surface area contributed by atoms with Gasteiger partial charge in [0.05, 0.1) is 0 Å². The second kappa shape index (κ2) is 8.29. The molecule has 122 valence electrons. The van der Waals surface area contributed by atoms with Crippen LogP contribution in [0.4, 0.5) is 5.69 Å². The molecule has 0 spiro atoms. The van der Waals surface area contributed by atoms with E-state index in [0.29, 0.717) is 30.9 Å². The summed E-state index contributed by atoms with van der Waals surface area (Å²) in [6.07, 6.45) is 4.58. The predicted octanol–water partition coefficient (Wildman–Crippen LogP) is 2.62. The first kappa shape index (κ1) is 17.0. The van der Waals surface area contributed by atoms with E-state index in [0.717, 1.165) is 12.8 Å². The highest BCUT2D eigenvalue weighted by atomic mass is 16.5. The van der Waals surface area contributed by atoms with Gasteiger partial charge in [-0.1, -0.05) is 18.2 Å². The molecule has 2 amide bonds. The number of hydrogen-bond acceptors (Lipinski definition) is 3. The fourth-order valence-corrected chi connectivity index (χ4v) is 2.47. The number of nitrogens with zero attached hydrogens (tertiary/aromatic N) is 1. The van der Waals surface area contributed by atoms with E-state index < -0.39 is 6.10 Å². The Morgan fingerprint density at radius 3 is 2.65 bits per heavy atom. The summed E-state index contributed by atoms with van der Waals surface area (Å²) >= 11 is 0. The van der Waals surface area contributed by atoms with Crippen LogP contribution < -0.4 is 5.32 Å². The van der Waals surface area contributed by atoms with Gasteiger partial charge in [-0.2, -0.15) is 0 Å². The van der Waals surface area contributed by atoms with Crippen molar-refractivity contribution in [1.82, 2.24) is 4.90 Å². The maximum atomic E-state index is 12.5. The van der Waals surface area contributed by atoms with Crippen LogP contribution in [0.15, 0.2) is 49.6 Å². The third-order valence-electron chi connectivity index (χ3n) is 3.59. The third kappa shape index (κ3) is 4.53. The Bertz CT molecular complexity index is 582. The maximum Gasteiger partial charge on any atom is 0.254 e. The van der Waals surface area contributed by atoms with Crippen LogP contribution in [-0.2, 0) is 9.53 Å². The number of benzene rings is 1. The van der Waals surface area contributed by atoms with E-state index in [4.69, 9.17) is 4.74 Å². The van der Waals surface area contributed by atoms with Crippen molar-refractivity contribution < 1.29 is 14.3 Å². The van der Waals surface area contributed by atoms with E-state index in [1.54, 1.807) is 41.3 Å². The number of hydrogen-bond donors (Lipinski definition) is 1. The molecule has 0 radical (unpaired) electrons. The summed E-state index contributed by atoms with van der Waals surface area (Å²) in [5.41, 5.74) is 1.10. The van der Waals surface area contributed by atoms with Gasteiger partial charge in [0, 0.05) is 30.9 Å². The van der Waals surface area contributed by atoms with E-state index in [1.807, 2.05) is 0 Å². The molecule has 1 unspecified atom stereocenters. The molecule has 0 aromatic heterocycles. The minimum Gasteiger partial charge on any atom is -0.368 e. The van der Waals surface area contributed by atoms with Crippen molar-refractivity contribution in [1.29, 1.82) is 0 Å².